The van der Waals surface area contributed by atoms with Crippen molar-refractivity contribution in [2.45, 2.75) is 25.9 Å². The van der Waals surface area contributed by atoms with Crippen LogP contribution in [0.5, 0.6) is 0 Å². The van der Waals surface area contributed by atoms with Crippen LogP contribution in [0.4, 0.5) is 5.69 Å². The molecule has 5 nitrogen and oxygen atoms in total. The zero-order chi connectivity index (χ0) is 10.8. The third kappa shape index (κ3) is 2.77. The number of rotatable bonds is 3. The van der Waals surface area contributed by atoms with E-state index in [-0.39, 0.29) is 12.1 Å². The first-order valence-corrected chi connectivity index (χ1v) is 4.21. The molecule has 1 N–H and O–H groups in total. The highest BCUT2D eigenvalue weighted by Crippen LogP contribution is 2.20. The van der Waals surface area contributed by atoms with Gasteiger partial charge in [0.2, 0.25) is 0 Å². The average Bonchev–Trinajstić information content (AvgIpc) is 2.01. The molecule has 0 unspecified atom stereocenters. The first-order valence-electron chi connectivity index (χ1n) is 4.21. The molecule has 0 atom stereocenters. The Morgan fingerprint density at radius 1 is 1.64 bits per heavy atom. The maximum absolute atomic E-state index is 10.6. The predicted octanol–water partition coefficient (Wildman–Crippen LogP) is 1.30. The number of hydrogen-bond acceptors (Lipinski definition) is 4. The lowest BCUT2D eigenvalue weighted by atomic mass is 10.0. The summed E-state index contributed by atoms with van der Waals surface area (Å²) in [7, 11) is 0. The van der Waals surface area contributed by atoms with Crippen LogP contribution in [0.3, 0.4) is 0 Å². The van der Waals surface area contributed by atoms with Crippen molar-refractivity contribution < 1.29 is 10.0 Å². The van der Waals surface area contributed by atoms with E-state index < -0.39 is 10.5 Å². The molecule has 0 amide bonds. The summed E-state index contributed by atoms with van der Waals surface area (Å²) in [5, 5.41) is 20.1. The Morgan fingerprint density at radius 2 is 2.29 bits per heavy atom. The number of nitrogens with zero attached hydrogens (tertiary/aromatic N) is 2. The highest BCUT2D eigenvalue weighted by molar-refractivity contribution is 5.35. The maximum atomic E-state index is 10.6. The molecule has 14 heavy (non-hydrogen) atoms. The first kappa shape index (κ1) is 10.6. The number of aromatic nitrogens is 1. The Kier molecular flexibility index (Phi) is 2.81. The molecule has 0 aliphatic rings. The van der Waals surface area contributed by atoms with E-state index in [2.05, 4.69) is 4.98 Å². The van der Waals surface area contributed by atoms with E-state index in [9.17, 15) is 15.2 Å². The van der Waals surface area contributed by atoms with Crippen molar-refractivity contribution in [2.75, 3.05) is 0 Å². The summed E-state index contributed by atoms with van der Waals surface area (Å²) in [6.45, 7) is 3.18. The number of aliphatic hydroxyl groups is 1. The lowest BCUT2D eigenvalue weighted by Crippen LogP contribution is -2.23. The van der Waals surface area contributed by atoms with Crippen molar-refractivity contribution in [3.8, 4) is 0 Å². The summed E-state index contributed by atoms with van der Waals surface area (Å²) in [6.07, 6.45) is 1.65. The summed E-state index contributed by atoms with van der Waals surface area (Å²) >= 11 is 0. The van der Waals surface area contributed by atoms with Crippen molar-refractivity contribution >= 4 is 5.69 Å². The van der Waals surface area contributed by atoms with E-state index in [0.29, 0.717) is 5.69 Å². The molecule has 0 fully saturated rings. The zero-order valence-corrected chi connectivity index (χ0v) is 8.10. The fraction of sp³-hybridized carbons (Fsp3) is 0.444. The van der Waals surface area contributed by atoms with Crippen LogP contribution in [0, 0.1) is 10.1 Å². The molecule has 0 saturated heterocycles. The fourth-order valence-electron chi connectivity index (χ4n) is 1.14. The van der Waals surface area contributed by atoms with E-state index in [0.717, 1.165) is 0 Å². The molecule has 1 rings (SSSR count). The Labute approximate surface area is 81.6 Å². The van der Waals surface area contributed by atoms with Crippen LogP contribution in [0.1, 0.15) is 19.5 Å². The van der Waals surface area contributed by atoms with E-state index >= 15 is 0 Å². The Balaban J connectivity index is 3.02. The molecule has 0 bridgehead atoms. The van der Waals surface area contributed by atoms with Gasteiger partial charge in [-0.3, -0.25) is 15.1 Å². The summed E-state index contributed by atoms with van der Waals surface area (Å²) in [5.74, 6) is 0. The van der Waals surface area contributed by atoms with Gasteiger partial charge in [-0.2, -0.15) is 0 Å². The SMILES string of the molecule is CC(C)(O)Cc1ncccc1[N+](=O)[O-]. The van der Waals surface area contributed by atoms with Gasteiger partial charge in [0, 0.05) is 18.7 Å². The molecular weight excluding hydrogens is 184 g/mol. The Bertz CT molecular complexity index is 344. The summed E-state index contributed by atoms with van der Waals surface area (Å²) in [4.78, 5) is 14.0. The van der Waals surface area contributed by atoms with Gasteiger partial charge in [0.25, 0.3) is 5.69 Å². The van der Waals surface area contributed by atoms with Gasteiger partial charge in [-0.25, -0.2) is 0 Å². The fourth-order valence-corrected chi connectivity index (χ4v) is 1.14. The molecule has 0 saturated carbocycles. The molecule has 1 aromatic heterocycles. The highest BCUT2D eigenvalue weighted by atomic mass is 16.6. The largest absolute Gasteiger partial charge is 0.390 e. The average molecular weight is 196 g/mol. The number of nitro groups is 1. The second kappa shape index (κ2) is 3.71. The van der Waals surface area contributed by atoms with Crippen molar-refractivity contribution in [3.05, 3.63) is 34.1 Å². The minimum Gasteiger partial charge on any atom is -0.390 e. The molecule has 1 heterocycles. The van der Waals surface area contributed by atoms with Crippen molar-refractivity contribution in [1.82, 2.24) is 4.98 Å². The van der Waals surface area contributed by atoms with Crippen molar-refractivity contribution in [2.24, 2.45) is 0 Å². The molecule has 0 radical (unpaired) electrons. The van der Waals surface area contributed by atoms with Crippen molar-refractivity contribution in [1.29, 1.82) is 0 Å². The lowest BCUT2D eigenvalue weighted by molar-refractivity contribution is -0.386. The predicted molar refractivity (Wildman–Crippen MR) is 50.9 cm³/mol. The van der Waals surface area contributed by atoms with Gasteiger partial charge in [0.1, 0.15) is 5.69 Å². The van der Waals surface area contributed by atoms with Crippen LogP contribution in [-0.4, -0.2) is 20.6 Å². The molecule has 0 aliphatic heterocycles. The van der Waals surface area contributed by atoms with Gasteiger partial charge in [-0.05, 0) is 19.9 Å². The molecule has 5 heteroatoms. The Hall–Kier alpha value is -1.49. The number of hydrogen-bond donors (Lipinski definition) is 1. The highest BCUT2D eigenvalue weighted by Gasteiger charge is 2.21. The molecular formula is C9H12N2O3. The van der Waals surface area contributed by atoms with E-state index in [1.54, 1.807) is 13.8 Å². The van der Waals surface area contributed by atoms with Crippen LogP contribution >= 0.6 is 0 Å². The van der Waals surface area contributed by atoms with Crippen LogP contribution in [0.2, 0.25) is 0 Å². The van der Waals surface area contributed by atoms with Crippen LogP contribution in [-0.2, 0) is 6.42 Å². The molecule has 0 aliphatic carbocycles. The smallest absolute Gasteiger partial charge is 0.290 e. The van der Waals surface area contributed by atoms with Gasteiger partial charge in [0.15, 0.2) is 0 Å². The lowest BCUT2D eigenvalue weighted by Gasteiger charge is -2.15. The standard InChI is InChI=1S/C9H12N2O3/c1-9(2,12)6-7-8(11(13)14)4-3-5-10-7/h3-5,12H,6H2,1-2H3. The van der Waals surface area contributed by atoms with Crippen LogP contribution < -0.4 is 0 Å². The second-order valence-corrected chi connectivity index (χ2v) is 3.72. The second-order valence-electron chi connectivity index (χ2n) is 3.72. The normalized spacial score (nSPS) is 11.4. The topological polar surface area (TPSA) is 76.3 Å². The molecule has 1 aromatic rings. The minimum atomic E-state index is -0.987. The van der Waals surface area contributed by atoms with E-state index in [4.69, 9.17) is 0 Å². The monoisotopic (exact) mass is 196 g/mol. The molecule has 0 spiro atoms. The third-order valence-corrected chi connectivity index (χ3v) is 1.66. The first-order chi connectivity index (χ1) is 6.40. The minimum absolute atomic E-state index is 0.0466. The van der Waals surface area contributed by atoms with Gasteiger partial charge >= 0.3 is 0 Å². The quantitative estimate of drug-likeness (QED) is 0.584. The molecule has 76 valence electrons. The summed E-state index contributed by atoms with van der Waals surface area (Å²) < 4.78 is 0. The number of pyridine rings is 1. The third-order valence-electron chi connectivity index (χ3n) is 1.66. The van der Waals surface area contributed by atoms with Crippen molar-refractivity contribution in [3.63, 3.8) is 0 Å². The van der Waals surface area contributed by atoms with Gasteiger partial charge in [-0.1, -0.05) is 0 Å². The van der Waals surface area contributed by atoms with Gasteiger partial charge in [-0.15, -0.1) is 0 Å². The Morgan fingerprint density at radius 3 is 2.79 bits per heavy atom. The van der Waals surface area contributed by atoms with Crippen LogP contribution in [0.25, 0.3) is 0 Å². The van der Waals surface area contributed by atoms with E-state index in [1.807, 2.05) is 0 Å². The zero-order valence-electron chi connectivity index (χ0n) is 8.10. The van der Waals surface area contributed by atoms with E-state index in [1.165, 1.54) is 18.3 Å². The molecule has 0 aromatic carbocycles. The van der Waals surface area contributed by atoms with Gasteiger partial charge in [0.05, 0.1) is 10.5 Å². The maximum Gasteiger partial charge on any atom is 0.290 e. The summed E-state index contributed by atoms with van der Waals surface area (Å²) in [5.41, 5.74) is -0.723. The summed E-state index contributed by atoms with van der Waals surface area (Å²) in [6, 6.07) is 2.89. The van der Waals surface area contributed by atoms with Crippen LogP contribution in [0.15, 0.2) is 18.3 Å². The van der Waals surface area contributed by atoms with Gasteiger partial charge < -0.3 is 5.11 Å².